The van der Waals surface area contributed by atoms with Crippen LogP contribution in [-0.2, 0) is 4.79 Å². The van der Waals surface area contributed by atoms with Gasteiger partial charge in [-0.3, -0.25) is 9.36 Å². The Morgan fingerprint density at radius 1 is 1.17 bits per heavy atom. The van der Waals surface area contributed by atoms with Gasteiger partial charge in [-0.05, 0) is 29.8 Å². The minimum Gasteiger partial charge on any atom is -0.502 e. The molecule has 0 saturated heterocycles. The van der Waals surface area contributed by atoms with Crippen LogP contribution in [0.2, 0.25) is 0 Å². The Hall–Kier alpha value is -3.62. The molecule has 1 amide bonds. The van der Waals surface area contributed by atoms with Gasteiger partial charge in [0.25, 0.3) is 0 Å². The Morgan fingerprint density at radius 2 is 1.86 bits per heavy atom. The van der Waals surface area contributed by atoms with Gasteiger partial charge in [-0.2, -0.15) is 0 Å². The molecule has 2 aromatic carbocycles. The van der Waals surface area contributed by atoms with Crippen LogP contribution in [0.3, 0.4) is 0 Å². The highest BCUT2D eigenvalue weighted by molar-refractivity contribution is 5.94. The van der Waals surface area contributed by atoms with E-state index in [4.69, 9.17) is 9.47 Å². The number of nitrogens with one attached hydrogen (secondary N) is 1. The van der Waals surface area contributed by atoms with Crippen LogP contribution in [0, 0.1) is 11.6 Å². The summed E-state index contributed by atoms with van der Waals surface area (Å²) >= 11 is 0. The fraction of sp³-hybridized carbons (Fsp3) is 0.200. The van der Waals surface area contributed by atoms with Crippen molar-refractivity contribution in [3.63, 3.8) is 0 Å². The number of carbonyl (C=O) groups is 1. The number of anilines is 1. The molecule has 7 nitrogen and oxygen atoms in total. The van der Waals surface area contributed by atoms with Crippen LogP contribution >= 0.6 is 0 Å². The smallest absolute Gasteiger partial charge is 0.226 e. The maximum absolute atomic E-state index is 14.3. The Morgan fingerprint density at radius 3 is 2.52 bits per heavy atom. The van der Waals surface area contributed by atoms with Crippen molar-refractivity contribution in [2.24, 2.45) is 0 Å². The number of methoxy groups -OCH3 is 2. The second-order valence-electron chi connectivity index (χ2n) is 6.52. The van der Waals surface area contributed by atoms with Gasteiger partial charge in [-0.1, -0.05) is 0 Å². The van der Waals surface area contributed by atoms with E-state index < -0.39 is 17.6 Å². The second kappa shape index (κ2) is 7.08. The molecular formula is C20H17F2N3O4. The van der Waals surface area contributed by atoms with Crippen molar-refractivity contribution in [3.8, 4) is 22.9 Å². The Balaban J connectivity index is 1.86. The van der Waals surface area contributed by atoms with Gasteiger partial charge in [0, 0.05) is 18.4 Å². The first-order valence-electron chi connectivity index (χ1n) is 8.70. The monoisotopic (exact) mass is 401 g/mol. The molecule has 2 N–H and O–H groups in total. The molecule has 1 aliphatic rings. The number of imidazole rings is 1. The van der Waals surface area contributed by atoms with Crippen LogP contribution in [-0.4, -0.2) is 34.8 Å². The fourth-order valence-corrected chi connectivity index (χ4v) is 3.45. The minimum absolute atomic E-state index is 0.0689. The Bertz CT molecular complexity index is 1090. The van der Waals surface area contributed by atoms with E-state index >= 15 is 0 Å². The number of ether oxygens (including phenoxy) is 2. The molecular weight excluding hydrogens is 384 g/mol. The lowest BCUT2D eigenvalue weighted by atomic mass is 9.89. The van der Waals surface area contributed by atoms with Crippen molar-refractivity contribution in [1.82, 2.24) is 9.55 Å². The van der Waals surface area contributed by atoms with Crippen LogP contribution in [0.4, 0.5) is 14.6 Å². The highest BCUT2D eigenvalue weighted by Crippen LogP contribution is 2.44. The van der Waals surface area contributed by atoms with Gasteiger partial charge >= 0.3 is 0 Å². The number of fused-ring (bicyclic) bond motifs is 1. The van der Waals surface area contributed by atoms with E-state index in [1.54, 1.807) is 12.1 Å². The number of halogens is 2. The van der Waals surface area contributed by atoms with E-state index in [1.807, 2.05) is 0 Å². The zero-order chi connectivity index (χ0) is 20.7. The molecule has 0 unspecified atom stereocenters. The van der Waals surface area contributed by atoms with Gasteiger partial charge in [-0.15, -0.1) is 0 Å². The normalized spacial score (nSPS) is 15.6. The van der Waals surface area contributed by atoms with Crippen molar-refractivity contribution >= 4 is 11.7 Å². The molecule has 1 atom stereocenters. The van der Waals surface area contributed by atoms with Crippen LogP contribution in [0.15, 0.2) is 36.7 Å². The van der Waals surface area contributed by atoms with Crippen molar-refractivity contribution in [3.05, 3.63) is 59.6 Å². The molecule has 0 spiro atoms. The first-order valence-corrected chi connectivity index (χ1v) is 8.70. The number of hydrogen-bond acceptors (Lipinski definition) is 5. The zero-order valence-electron chi connectivity index (χ0n) is 15.6. The second-order valence-corrected chi connectivity index (χ2v) is 6.52. The summed E-state index contributed by atoms with van der Waals surface area (Å²) in [4.78, 5) is 16.7. The lowest BCUT2D eigenvalue weighted by Gasteiger charge is -2.24. The van der Waals surface area contributed by atoms with Crippen molar-refractivity contribution in [2.45, 2.75) is 12.3 Å². The summed E-state index contributed by atoms with van der Waals surface area (Å²) in [6.07, 6.45) is 1.41. The molecule has 2 heterocycles. The van der Waals surface area contributed by atoms with Crippen molar-refractivity contribution in [2.75, 3.05) is 19.5 Å². The summed E-state index contributed by atoms with van der Waals surface area (Å²) in [5, 5.41) is 12.8. The standard InChI is InChI=1S/C20H17F2N3O4/c1-28-15-5-10(6-16(29-2)19(15)27)12-8-17(26)24-20-18(12)23-9-25(20)14-7-11(21)3-4-13(14)22/h3-7,9,12,27H,8H2,1-2H3,(H,24,26)/t12-/m0/s1. The topological polar surface area (TPSA) is 85.6 Å². The molecule has 29 heavy (non-hydrogen) atoms. The highest BCUT2D eigenvalue weighted by atomic mass is 19.1. The number of hydrogen-bond donors (Lipinski definition) is 2. The first kappa shape index (κ1) is 18.7. The summed E-state index contributed by atoms with van der Waals surface area (Å²) in [5.74, 6) is -1.63. The summed E-state index contributed by atoms with van der Waals surface area (Å²) in [6.45, 7) is 0. The largest absolute Gasteiger partial charge is 0.502 e. The molecule has 1 aliphatic heterocycles. The zero-order valence-corrected chi connectivity index (χ0v) is 15.6. The average molecular weight is 401 g/mol. The van der Waals surface area contributed by atoms with Gasteiger partial charge < -0.3 is 19.9 Å². The van der Waals surface area contributed by atoms with Gasteiger partial charge in [0.2, 0.25) is 11.7 Å². The number of nitrogens with zero attached hydrogens (tertiary/aromatic N) is 2. The molecule has 0 radical (unpaired) electrons. The lowest BCUT2D eigenvalue weighted by Crippen LogP contribution is -2.25. The third-order valence-electron chi connectivity index (χ3n) is 4.85. The minimum atomic E-state index is -0.657. The van der Waals surface area contributed by atoms with Gasteiger partial charge in [0.15, 0.2) is 11.5 Å². The number of phenolic OH excluding ortho intramolecular Hbond substituents is 1. The first-order chi connectivity index (χ1) is 13.9. The van der Waals surface area contributed by atoms with E-state index in [0.717, 1.165) is 18.2 Å². The maximum atomic E-state index is 14.3. The van der Waals surface area contributed by atoms with Crippen molar-refractivity contribution < 1.29 is 28.2 Å². The fourth-order valence-electron chi connectivity index (χ4n) is 3.45. The van der Waals surface area contributed by atoms with Crippen LogP contribution < -0.4 is 14.8 Å². The van der Waals surface area contributed by atoms with E-state index in [9.17, 15) is 18.7 Å². The summed E-state index contributed by atoms with van der Waals surface area (Å²) in [7, 11) is 2.80. The van der Waals surface area contributed by atoms with Crippen LogP contribution in [0.5, 0.6) is 17.2 Å². The SMILES string of the molecule is COc1cc([C@@H]2CC(=O)Nc3c2ncn3-c2cc(F)ccc2F)cc(OC)c1O. The number of benzene rings is 2. The quantitative estimate of drug-likeness (QED) is 0.700. The third-order valence-corrected chi connectivity index (χ3v) is 4.85. The van der Waals surface area contributed by atoms with Crippen LogP contribution in [0.25, 0.3) is 5.69 Å². The number of carbonyl (C=O) groups excluding carboxylic acids is 1. The molecule has 9 heteroatoms. The van der Waals surface area contributed by atoms with Gasteiger partial charge in [0.05, 0.1) is 25.6 Å². The molecule has 0 bridgehead atoms. The summed E-state index contributed by atoms with van der Waals surface area (Å²) in [5.41, 5.74) is 1.03. The molecule has 0 saturated carbocycles. The van der Waals surface area contributed by atoms with E-state index in [2.05, 4.69) is 10.3 Å². The van der Waals surface area contributed by atoms with E-state index in [1.165, 1.54) is 25.1 Å². The van der Waals surface area contributed by atoms with Gasteiger partial charge in [0.1, 0.15) is 23.8 Å². The molecule has 0 fully saturated rings. The Labute approximate surface area is 164 Å². The maximum Gasteiger partial charge on any atom is 0.226 e. The predicted molar refractivity (Wildman–Crippen MR) is 99.8 cm³/mol. The Kier molecular flexibility index (Phi) is 4.57. The number of phenols is 1. The van der Waals surface area contributed by atoms with Crippen molar-refractivity contribution in [1.29, 1.82) is 0 Å². The van der Waals surface area contributed by atoms with Crippen LogP contribution in [0.1, 0.15) is 23.6 Å². The number of aromatic hydroxyl groups is 1. The highest BCUT2D eigenvalue weighted by Gasteiger charge is 2.32. The molecule has 1 aromatic heterocycles. The summed E-state index contributed by atoms with van der Waals surface area (Å²) < 4.78 is 39.6. The number of aromatic nitrogens is 2. The summed E-state index contributed by atoms with van der Waals surface area (Å²) in [6, 6.07) is 6.23. The number of rotatable bonds is 4. The molecule has 3 aromatic rings. The predicted octanol–water partition coefficient (Wildman–Crippen LogP) is 3.35. The number of amides is 1. The molecule has 4 rings (SSSR count). The average Bonchev–Trinajstić information content (AvgIpc) is 3.13. The molecule has 0 aliphatic carbocycles. The van der Waals surface area contributed by atoms with E-state index in [0.29, 0.717) is 11.3 Å². The van der Waals surface area contributed by atoms with Gasteiger partial charge in [-0.25, -0.2) is 13.8 Å². The molecule has 150 valence electrons. The van der Waals surface area contributed by atoms with E-state index in [-0.39, 0.29) is 41.1 Å². The third kappa shape index (κ3) is 3.14. The lowest BCUT2D eigenvalue weighted by molar-refractivity contribution is -0.116.